The minimum absolute atomic E-state index is 0. The van der Waals surface area contributed by atoms with E-state index in [1.165, 1.54) is 25.7 Å². The van der Waals surface area contributed by atoms with Crippen LogP contribution >= 0.6 is 24.0 Å². The number of likely N-dealkylation sites (tertiary alicyclic amines) is 1. The van der Waals surface area contributed by atoms with Gasteiger partial charge in [-0.3, -0.25) is 4.99 Å². The lowest BCUT2D eigenvalue weighted by molar-refractivity contribution is 0.0702. The fourth-order valence-electron chi connectivity index (χ4n) is 3.33. The first-order chi connectivity index (χ1) is 11.1. The summed E-state index contributed by atoms with van der Waals surface area (Å²) in [5, 5.41) is 3.46. The molecule has 1 fully saturated rings. The van der Waals surface area contributed by atoms with E-state index in [9.17, 15) is 0 Å². The quantitative estimate of drug-likeness (QED) is 0.237. The zero-order valence-corrected chi connectivity index (χ0v) is 18.4. The van der Waals surface area contributed by atoms with Crippen LogP contribution in [0.2, 0.25) is 0 Å². The van der Waals surface area contributed by atoms with E-state index in [2.05, 4.69) is 31.0 Å². The van der Waals surface area contributed by atoms with E-state index >= 15 is 0 Å². The molecular weight excluding hydrogens is 417 g/mol. The van der Waals surface area contributed by atoms with Crippen molar-refractivity contribution in [1.82, 2.24) is 10.2 Å². The van der Waals surface area contributed by atoms with Gasteiger partial charge in [-0.15, -0.1) is 24.0 Å². The van der Waals surface area contributed by atoms with Gasteiger partial charge in [-0.05, 0) is 38.0 Å². The molecule has 1 aliphatic rings. The fourth-order valence-corrected chi connectivity index (χ4v) is 3.33. The van der Waals surface area contributed by atoms with Crippen molar-refractivity contribution in [2.45, 2.75) is 52.9 Å². The van der Waals surface area contributed by atoms with Gasteiger partial charge in [-0.25, -0.2) is 0 Å². The molecular formula is C18H38IN3O2. The number of aliphatic imine (C=N–C) groups is 1. The van der Waals surface area contributed by atoms with Crippen molar-refractivity contribution in [1.29, 1.82) is 0 Å². The molecule has 0 spiro atoms. The Hall–Kier alpha value is -0.0800. The SMILES string of the molecule is CCCC1(C)CCCN(C(=NCCCOCCOC)NCC)C1.I. The van der Waals surface area contributed by atoms with Crippen LogP contribution in [0.3, 0.4) is 0 Å². The molecule has 1 unspecified atom stereocenters. The smallest absolute Gasteiger partial charge is 0.193 e. The van der Waals surface area contributed by atoms with Crippen molar-refractivity contribution in [2.75, 3.05) is 53.1 Å². The summed E-state index contributed by atoms with van der Waals surface area (Å²) in [6.07, 6.45) is 6.12. The first-order valence-corrected chi connectivity index (χ1v) is 9.25. The van der Waals surface area contributed by atoms with E-state index in [0.717, 1.165) is 45.2 Å². The summed E-state index contributed by atoms with van der Waals surface area (Å²) in [7, 11) is 1.70. The molecule has 1 heterocycles. The highest BCUT2D eigenvalue weighted by atomic mass is 127. The third-order valence-corrected chi connectivity index (χ3v) is 4.41. The summed E-state index contributed by atoms with van der Waals surface area (Å²) in [5.74, 6) is 1.08. The van der Waals surface area contributed by atoms with Crippen LogP contribution in [0, 0.1) is 5.41 Å². The first kappa shape index (κ1) is 23.9. The van der Waals surface area contributed by atoms with Crippen molar-refractivity contribution in [3.05, 3.63) is 0 Å². The van der Waals surface area contributed by atoms with E-state index in [1.807, 2.05) is 0 Å². The summed E-state index contributed by atoms with van der Waals surface area (Å²) in [5.41, 5.74) is 0.437. The Balaban J connectivity index is 0.00000529. The number of rotatable bonds is 10. The van der Waals surface area contributed by atoms with Crippen LogP contribution in [0.1, 0.15) is 52.9 Å². The lowest BCUT2D eigenvalue weighted by Crippen LogP contribution is -2.49. The second kappa shape index (κ2) is 14.1. The molecule has 1 N–H and O–H groups in total. The van der Waals surface area contributed by atoms with Crippen LogP contribution in [0.25, 0.3) is 0 Å². The Labute approximate surface area is 166 Å². The average molecular weight is 455 g/mol. The number of methoxy groups -OCH3 is 1. The van der Waals surface area contributed by atoms with Gasteiger partial charge in [0.2, 0.25) is 0 Å². The Morgan fingerprint density at radius 3 is 2.71 bits per heavy atom. The van der Waals surface area contributed by atoms with Gasteiger partial charge in [0.15, 0.2) is 5.96 Å². The molecule has 0 aromatic carbocycles. The van der Waals surface area contributed by atoms with Crippen molar-refractivity contribution < 1.29 is 9.47 Å². The number of ether oxygens (including phenoxy) is 2. The van der Waals surface area contributed by atoms with Gasteiger partial charge in [0.25, 0.3) is 0 Å². The van der Waals surface area contributed by atoms with Crippen LogP contribution in [0.4, 0.5) is 0 Å². The van der Waals surface area contributed by atoms with Crippen LogP contribution in [-0.4, -0.2) is 64.0 Å². The number of halogens is 1. The summed E-state index contributed by atoms with van der Waals surface area (Å²) in [6.45, 7) is 12.9. The summed E-state index contributed by atoms with van der Waals surface area (Å²) in [4.78, 5) is 7.25. The van der Waals surface area contributed by atoms with Gasteiger partial charge >= 0.3 is 0 Å². The third-order valence-electron chi connectivity index (χ3n) is 4.41. The molecule has 5 nitrogen and oxygen atoms in total. The zero-order chi connectivity index (χ0) is 17.0. The number of piperidine rings is 1. The van der Waals surface area contributed by atoms with Crippen LogP contribution in [0.5, 0.6) is 0 Å². The molecule has 0 bridgehead atoms. The zero-order valence-electron chi connectivity index (χ0n) is 16.1. The minimum Gasteiger partial charge on any atom is -0.382 e. The van der Waals surface area contributed by atoms with Gasteiger partial charge in [-0.2, -0.15) is 0 Å². The molecule has 1 saturated heterocycles. The molecule has 0 saturated carbocycles. The molecule has 0 radical (unpaired) electrons. The van der Waals surface area contributed by atoms with Gasteiger partial charge < -0.3 is 19.7 Å². The van der Waals surface area contributed by atoms with E-state index in [4.69, 9.17) is 14.5 Å². The molecule has 6 heteroatoms. The maximum atomic E-state index is 5.50. The van der Waals surface area contributed by atoms with Crippen LogP contribution in [0.15, 0.2) is 4.99 Å². The van der Waals surface area contributed by atoms with Crippen molar-refractivity contribution in [2.24, 2.45) is 10.4 Å². The number of hydrogen-bond donors (Lipinski definition) is 1. The molecule has 0 aromatic rings. The predicted molar refractivity (Wildman–Crippen MR) is 113 cm³/mol. The fraction of sp³-hybridized carbons (Fsp3) is 0.944. The molecule has 1 atom stereocenters. The number of nitrogens with zero attached hydrogens (tertiary/aromatic N) is 2. The van der Waals surface area contributed by atoms with E-state index in [0.29, 0.717) is 18.6 Å². The molecule has 144 valence electrons. The predicted octanol–water partition coefficient (Wildman–Crippen LogP) is 3.53. The highest BCUT2D eigenvalue weighted by Crippen LogP contribution is 2.33. The lowest BCUT2D eigenvalue weighted by atomic mass is 9.78. The lowest BCUT2D eigenvalue weighted by Gasteiger charge is -2.42. The van der Waals surface area contributed by atoms with E-state index in [1.54, 1.807) is 7.11 Å². The highest BCUT2D eigenvalue weighted by molar-refractivity contribution is 14.0. The third kappa shape index (κ3) is 9.42. The Bertz CT molecular complexity index is 338. The normalized spacial score (nSPS) is 21.5. The first-order valence-electron chi connectivity index (χ1n) is 9.25. The van der Waals surface area contributed by atoms with Gasteiger partial charge in [0, 0.05) is 39.9 Å². The van der Waals surface area contributed by atoms with E-state index in [-0.39, 0.29) is 24.0 Å². The van der Waals surface area contributed by atoms with Crippen molar-refractivity contribution in [3.8, 4) is 0 Å². The highest BCUT2D eigenvalue weighted by Gasteiger charge is 2.31. The molecule has 0 aliphatic carbocycles. The molecule has 1 rings (SSSR count). The molecule has 0 amide bonds. The summed E-state index contributed by atoms with van der Waals surface area (Å²) >= 11 is 0. The van der Waals surface area contributed by atoms with Gasteiger partial charge in [-0.1, -0.05) is 20.3 Å². The largest absolute Gasteiger partial charge is 0.382 e. The standard InChI is InChI=1S/C18H37N3O2.HI/c1-5-9-18(3)10-7-12-21(16-18)17(19-6-2)20-11-8-13-23-15-14-22-4;/h5-16H2,1-4H3,(H,19,20);1H. The van der Waals surface area contributed by atoms with Gasteiger partial charge in [0.1, 0.15) is 0 Å². The molecule has 24 heavy (non-hydrogen) atoms. The number of hydrogen-bond acceptors (Lipinski definition) is 3. The topological polar surface area (TPSA) is 46.1 Å². The summed E-state index contributed by atoms with van der Waals surface area (Å²) in [6, 6.07) is 0. The minimum atomic E-state index is 0. The van der Waals surface area contributed by atoms with E-state index < -0.39 is 0 Å². The maximum absolute atomic E-state index is 5.50. The summed E-state index contributed by atoms with van der Waals surface area (Å²) < 4.78 is 10.5. The van der Waals surface area contributed by atoms with Gasteiger partial charge in [0.05, 0.1) is 13.2 Å². The Kier molecular flexibility index (Phi) is 14.1. The van der Waals surface area contributed by atoms with Crippen LogP contribution < -0.4 is 5.32 Å². The van der Waals surface area contributed by atoms with Crippen molar-refractivity contribution in [3.63, 3.8) is 0 Å². The monoisotopic (exact) mass is 455 g/mol. The van der Waals surface area contributed by atoms with Crippen molar-refractivity contribution >= 4 is 29.9 Å². The number of nitrogens with one attached hydrogen (secondary N) is 1. The number of guanidine groups is 1. The second-order valence-electron chi connectivity index (χ2n) is 6.78. The Morgan fingerprint density at radius 1 is 1.25 bits per heavy atom. The Morgan fingerprint density at radius 2 is 2.04 bits per heavy atom. The molecule has 0 aromatic heterocycles. The van der Waals surface area contributed by atoms with Crippen LogP contribution in [-0.2, 0) is 9.47 Å². The molecule has 1 aliphatic heterocycles. The maximum Gasteiger partial charge on any atom is 0.193 e. The second-order valence-corrected chi connectivity index (χ2v) is 6.78. The average Bonchev–Trinajstić information content (AvgIpc) is 2.53.